The van der Waals surface area contributed by atoms with E-state index in [1.807, 2.05) is 12.1 Å². The zero-order valence-electron chi connectivity index (χ0n) is 13.4. The van der Waals surface area contributed by atoms with E-state index in [9.17, 15) is 0 Å². The minimum absolute atomic E-state index is 0.598. The van der Waals surface area contributed by atoms with Gasteiger partial charge in [-0.1, -0.05) is 29.8 Å². The third-order valence-corrected chi connectivity index (χ3v) is 3.70. The topological polar surface area (TPSA) is 39.7 Å². The molecular formula is C16H26BrNO3. The van der Waals surface area contributed by atoms with Crippen molar-refractivity contribution in [3.8, 4) is 11.5 Å². The molecule has 1 rings (SSSR count). The highest BCUT2D eigenvalue weighted by atomic mass is 79.9. The molecule has 0 aliphatic heterocycles. The van der Waals surface area contributed by atoms with Crippen molar-refractivity contribution >= 4 is 15.9 Å². The fraction of sp³-hybridized carbons (Fsp3) is 0.625. The molecule has 0 spiro atoms. The van der Waals surface area contributed by atoms with Crippen LogP contribution in [0.3, 0.4) is 0 Å². The molecule has 0 heterocycles. The Morgan fingerprint density at radius 3 is 2.43 bits per heavy atom. The number of hydrogen-bond acceptors (Lipinski definition) is 4. The van der Waals surface area contributed by atoms with E-state index in [1.54, 1.807) is 14.2 Å². The third-order valence-electron chi connectivity index (χ3n) is 2.96. The zero-order chi connectivity index (χ0) is 15.7. The lowest BCUT2D eigenvalue weighted by Gasteiger charge is -2.12. The summed E-state index contributed by atoms with van der Waals surface area (Å²) in [6, 6.07) is 3.92. The SMILES string of the molecule is COc1cc(Br)c(CNCCCOCC(C)C)cc1OC. The number of ether oxygens (including phenoxy) is 3. The highest BCUT2D eigenvalue weighted by molar-refractivity contribution is 9.10. The van der Waals surface area contributed by atoms with Crippen LogP contribution in [0, 0.1) is 5.92 Å². The van der Waals surface area contributed by atoms with E-state index < -0.39 is 0 Å². The van der Waals surface area contributed by atoms with E-state index in [-0.39, 0.29) is 0 Å². The number of nitrogens with one attached hydrogen (secondary N) is 1. The standard InChI is InChI=1S/C16H26BrNO3/c1-12(2)11-21-7-5-6-18-10-13-8-15(19-3)16(20-4)9-14(13)17/h8-9,12,18H,5-7,10-11H2,1-4H3. The van der Waals surface area contributed by atoms with Crippen molar-refractivity contribution in [3.05, 3.63) is 22.2 Å². The summed E-state index contributed by atoms with van der Waals surface area (Å²) in [5.74, 6) is 2.08. The van der Waals surface area contributed by atoms with Crippen molar-refractivity contribution in [3.63, 3.8) is 0 Å². The van der Waals surface area contributed by atoms with Gasteiger partial charge in [0.2, 0.25) is 0 Å². The lowest BCUT2D eigenvalue weighted by molar-refractivity contribution is 0.108. The summed E-state index contributed by atoms with van der Waals surface area (Å²) in [5, 5.41) is 3.41. The molecule has 4 nitrogen and oxygen atoms in total. The first-order valence-electron chi connectivity index (χ1n) is 7.27. The summed E-state index contributed by atoms with van der Waals surface area (Å²) in [6.45, 7) is 7.67. The Balaban J connectivity index is 2.35. The Morgan fingerprint density at radius 2 is 1.81 bits per heavy atom. The second kappa shape index (κ2) is 10.0. The van der Waals surface area contributed by atoms with Crippen molar-refractivity contribution in [1.82, 2.24) is 5.32 Å². The summed E-state index contributed by atoms with van der Waals surface area (Å²) in [7, 11) is 3.29. The molecular weight excluding hydrogens is 334 g/mol. The van der Waals surface area contributed by atoms with Gasteiger partial charge in [-0.05, 0) is 36.6 Å². The van der Waals surface area contributed by atoms with Crippen LogP contribution in [0.15, 0.2) is 16.6 Å². The van der Waals surface area contributed by atoms with E-state index >= 15 is 0 Å². The first kappa shape index (κ1) is 18.3. The number of methoxy groups -OCH3 is 2. The molecule has 0 saturated heterocycles. The Hall–Kier alpha value is -0.780. The Bertz CT molecular complexity index is 424. The van der Waals surface area contributed by atoms with Crippen LogP contribution in [-0.4, -0.2) is 34.0 Å². The largest absolute Gasteiger partial charge is 0.493 e. The van der Waals surface area contributed by atoms with Crippen LogP contribution in [0.5, 0.6) is 11.5 Å². The minimum Gasteiger partial charge on any atom is -0.493 e. The molecule has 0 atom stereocenters. The summed E-state index contributed by atoms with van der Waals surface area (Å²) in [4.78, 5) is 0. The number of hydrogen-bond donors (Lipinski definition) is 1. The normalized spacial score (nSPS) is 11.0. The van der Waals surface area contributed by atoms with Crippen LogP contribution < -0.4 is 14.8 Å². The van der Waals surface area contributed by atoms with Gasteiger partial charge in [0.1, 0.15) is 0 Å². The summed E-state index contributed by atoms with van der Waals surface area (Å²) < 4.78 is 17.2. The molecule has 1 N–H and O–H groups in total. The summed E-state index contributed by atoms with van der Waals surface area (Å²) in [5.41, 5.74) is 1.15. The highest BCUT2D eigenvalue weighted by Crippen LogP contribution is 2.33. The molecule has 0 aromatic heterocycles. The molecule has 0 radical (unpaired) electrons. The molecule has 0 unspecified atom stereocenters. The fourth-order valence-electron chi connectivity index (χ4n) is 1.87. The first-order chi connectivity index (χ1) is 10.1. The number of benzene rings is 1. The molecule has 0 amide bonds. The van der Waals surface area contributed by atoms with Crippen LogP contribution in [0.25, 0.3) is 0 Å². The molecule has 120 valence electrons. The molecule has 0 saturated carbocycles. The van der Waals surface area contributed by atoms with Gasteiger partial charge in [0.15, 0.2) is 11.5 Å². The molecule has 0 aliphatic rings. The molecule has 5 heteroatoms. The van der Waals surface area contributed by atoms with Crippen molar-refractivity contribution in [2.24, 2.45) is 5.92 Å². The zero-order valence-corrected chi connectivity index (χ0v) is 15.0. The minimum atomic E-state index is 0.598. The number of rotatable bonds is 10. The first-order valence-corrected chi connectivity index (χ1v) is 8.06. The lowest BCUT2D eigenvalue weighted by atomic mass is 10.2. The van der Waals surface area contributed by atoms with Crippen LogP contribution in [0.4, 0.5) is 0 Å². The van der Waals surface area contributed by atoms with Gasteiger partial charge in [0.05, 0.1) is 14.2 Å². The van der Waals surface area contributed by atoms with Crippen LogP contribution >= 0.6 is 15.9 Å². The van der Waals surface area contributed by atoms with Gasteiger partial charge in [-0.25, -0.2) is 0 Å². The Morgan fingerprint density at radius 1 is 1.14 bits per heavy atom. The van der Waals surface area contributed by atoms with E-state index in [0.29, 0.717) is 5.92 Å². The third kappa shape index (κ3) is 6.68. The van der Waals surface area contributed by atoms with Gasteiger partial charge in [-0.3, -0.25) is 0 Å². The maximum Gasteiger partial charge on any atom is 0.161 e. The van der Waals surface area contributed by atoms with E-state index in [4.69, 9.17) is 14.2 Å². The van der Waals surface area contributed by atoms with Crippen molar-refractivity contribution in [2.75, 3.05) is 34.0 Å². The quantitative estimate of drug-likeness (QED) is 0.647. The average molecular weight is 360 g/mol. The van der Waals surface area contributed by atoms with Gasteiger partial charge in [-0.2, -0.15) is 0 Å². The van der Waals surface area contributed by atoms with Gasteiger partial charge in [0, 0.05) is 24.2 Å². The van der Waals surface area contributed by atoms with E-state index in [1.165, 1.54) is 0 Å². The second-order valence-corrected chi connectivity index (χ2v) is 6.15. The maximum absolute atomic E-state index is 5.55. The van der Waals surface area contributed by atoms with Crippen molar-refractivity contribution < 1.29 is 14.2 Å². The predicted octanol–water partition coefficient (Wildman–Crippen LogP) is 3.62. The van der Waals surface area contributed by atoms with Gasteiger partial charge >= 0.3 is 0 Å². The van der Waals surface area contributed by atoms with Gasteiger partial charge in [0.25, 0.3) is 0 Å². The average Bonchev–Trinajstić information content (AvgIpc) is 2.46. The lowest BCUT2D eigenvalue weighted by Crippen LogP contribution is -2.17. The molecule has 1 aromatic rings. The predicted molar refractivity (Wildman–Crippen MR) is 89.2 cm³/mol. The van der Waals surface area contributed by atoms with Crippen molar-refractivity contribution in [2.45, 2.75) is 26.8 Å². The van der Waals surface area contributed by atoms with E-state index in [2.05, 4.69) is 35.1 Å². The molecule has 0 aliphatic carbocycles. The summed E-state index contributed by atoms with van der Waals surface area (Å²) >= 11 is 3.56. The molecule has 1 aromatic carbocycles. The Labute approximate surface area is 136 Å². The summed E-state index contributed by atoms with van der Waals surface area (Å²) in [6.07, 6.45) is 1.01. The molecule has 0 bridgehead atoms. The van der Waals surface area contributed by atoms with Crippen LogP contribution in [0.1, 0.15) is 25.8 Å². The fourth-order valence-corrected chi connectivity index (χ4v) is 2.34. The Kier molecular flexibility index (Phi) is 8.73. The van der Waals surface area contributed by atoms with Gasteiger partial charge < -0.3 is 19.5 Å². The van der Waals surface area contributed by atoms with Crippen LogP contribution in [0.2, 0.25) is 0 Å². The van der Waals surface area contributed by atoms with Gasteiger partial charge in [-0.15, -0.1) is 0 Å². The smallest absolute Gasteiger partial charge is 0.161 e. The monoisotopic (exact) mass is 359 g/mol. The maximum atomic E-state index is 5.55. The van der Waals surface area contributed by atoms with E-state index in [0.717, 1.165) is 54.3 Å². The second-order valence-electron chi connectivity index (χ2n) is 5.30. The number of halogens is 1. The highest BCUT2D eigenvalue weighted by Gasteiger charge is 2.09. The molecule has 0 fully saturated rings. The molecule has 21 heavy (non-hydrogen) atoms. The van der Waals surface area contributed by atoms with Crippen LogP contribution in [-0.2, 0) is 11.3 Å². The van der Waals surface area contributed by atoms with Crippen molar-refractivity contribution in [1.29, 1.82) is 0 Å².